The van der Waals surface area contributed by atoms with Crippen LogP contribution in [0.15, 0.2) is 57.1 Å². The molecule has 0 unspecified atom stereocenters. The first kappa shape index (κ1) is 16.5. The van der Waals surface area contributed by atoms with Crippen molar-refractivity contribution >= 4 is 49.1 Å². The zero-order chi connectivity index (χ0) is 17.6. The maximum atomic E-state index is 12.8. The van der Waals surface area contributed by atoms with Gasteiger partial charge in [0.1, 0.15) is 10.7 Å². The SMILES string of the molecule is Cc1ccc(Br)c(-c2csc3nc(-c4ccccc4Cl)[nH]c(=O)c23)c1. The van der Waals surface area contributed by atoms with Gasteiger partial charge in [0.05, 0.1) is 10.4 Å². The lowest BCUT2D eigenvalue weighted by atomic mass is 10.0. The van der Waals surface area contributed by atoms with Crippen LogP contribution in [0.5, 0.6) is 0 Å². The summed E-state index contributed by atoms with van der Waals surface area (Å²) >= 11 is 11.3. The van der Waals surface area contributed by atoms with Gasteiger partial charge in [-0.2, -0.15) is 0 Å². The first-order valence-corrected chi connectivity index (χ1v) is 9.62. The number of nitrogens with zero attached hydrogens (tertiary/aromatic N) is 1. The minimum absolute atomic E-state index is 0.162. The van der Waals surface area contributed by atoms with Gasteiger partial charge < -0.3 is 4.98 Å². The number of halogens is 2. The molecule has 2 aromatic carbocycles. The number of fused-ring (bicyclic) bond motifs is 1. The van der Waals surface area contributed by atoms with Crippen molar-refractivity contribution in [2.75, 3.05) is 0 Å². The van der Waals surface area contributed by atoms with Gasteiger partial charge >= 0.3 is 0 Å². The number of aromatic nitrogens is 2. The minimum Gasteiger partial charge on any atom is -0.306 e. The fourth-order valence-electron chi connectivity index (χ4n) is 2.77. The third-order valence-corrected chi connectivity index (χ3v) is 5.88. The van der Waals surface area contributed by atoms with E-state index in [-0.39, 0.29) is 5.56 Å². The number of aromatic amines is 1. The molecule has 2 aromatic heterocycles. The first-order chi connectivity index (χ1) is 12.0. The zero-order valence-corrected chi connectivity index (χ0v) is 16.3. The summed E-state index contributed by atoms with van der Waals surface area (Å²) in [6, 6.07) is 13.4. The molecule has 0 amide bonds. The Morgan fingerprint density at radius 1 is 1.12 bits per heavy atom. The van der Waals surface area contributed by atoms with Crippen LogP contribution in [-0.4, -0.2) is 9.97 Å². The number of benzene rings is 2. The summed E-state index contributed by atoms with van der Waals surface area (Å²) < 4.78 is 0.951. The highest BCUT2D eigenvalue weighted by atomic mass is 79.9. The lowest BCUT2D eigenvalue weighted by Gasteiger charge is -2.06. The number of thiophene rings is 1. The molecule has 0 fully saturated rings. The van der Waals surface area contributed by atoms with Crippen LogP contribution in [0, 0.1) is 6.92 Å². The molecule has 0 atom stereocenters. The van der Waals surface area contributed by atoms with Gasteiger partial charge in [-0.3, -0.25) is 4.79 Å². The minimum atomic E-state index is -0.162. The van der Waals surface area contributed by atoms with Gasteiger partial charge in [-0.15, -0.1) is 11.3 Å². The van der Waals surface area contributed by atoms with E-state index in [1.807, 2.05) is 42.6 Å². The van der Waals surface area contributed by atoms with Crippen LogP contribution in [0.3, 0.4) is 0 Å². The Balaban J connectivity index is 1.96. The van der Waals surface area contributed by atoms with E-state index in [0.717, 1.165) is 26.7 Å². The summed E-state index contributed by atoms with van der Waals surface area (Å²) in [5, 5.41) is 3.14. The first-order valence-electron chi connectivity index (χ1n) is 7.57. The highest BCUT2D eigenvalue weighted by Crippen LogP contribution is 2.36. The van der Waals surface area contributed by atoms with Crippen LogP contribution in [0.2, 0.25) is 5.02 Å². The average Bonchev–Trinajstić information content (AvgIpc) is 3.02. The molecule has 2 heterocycles. The normalized spacial score (nSPS) is 11.2. The Morgan fingerprint density at radius 3 is 2.72 bits per heavy atom. The molecule has 0 spiro atoms. The van der Waals surface area contributed by atoms with E-state index in [1.54, 1.807) is 6.07 Å². The van der Waals surface area contributed by atoms with Crippen LogP contribution in [-0.2, 0) is 0 Å². The van der Waals surface area contributed by atoms with E-state index < -0.39 is 0 Å². The number of aryl methyl sites for hydroxylation is 1. The van der Waals surface area contributed by atoms with E-state index in [9.17, 15) is 4.79 Å². The number of rotatable bonds is 2. The van der Waals surface area contributed by atoms with Crippen molar-refractivity contribution in [1.29, 1.82) is 0 Å². The van der Waals surface area contributed by atoms with Gasteiger partial charge in [-0.05, 0) is 30.7 Å². The number of nitrogens with one attached hydrogen (secondary N) is 1. The maximum absolute atomic E-state index is 12.8. The maximum Gasteiger partial charge on any atom is 0.260 e. The second-order valence-electron chi connectivity index (χ2n) is 5.71. The fourth-order valence-corrected chi connectivity index (χ4v) is 4.40. The van der Waals surface area contributed by atoms with Crippen molar-refractivity contribution in [2.45, 2.75) is 6.92 Å². The summed E-state index contributed by atoms with van der Waals surface area (Å²) in [7, 11) is 0. The molecule has 0 saturated carbocycles. The smallest absolute Gasteiger partial charge is 0.260 e. The standard InChI is InChI=1S/C19H12BrClN2OS/c1-10-6-7-14(20)12(8-10)13-9-25-19-16(13)18(24)22-17(23-19)11-4-2-3-5-15(11)21/h2-9H,1H3,(H,22,23,24). The molecule has 0 aliphatic rings. The number of hydrogen-bond acceptors (Lipinski definition) is 3. The quantitative estimate of drug-likeness (QED) is 0.420. The van der Waals surface area contributed by atoms with Crippen molar-refractivity contribution in [3.05, 3.63) is 73.3 Å². The topological polar surface area (TPSA) is 45.8 Å². The van der Waals surface area contributed by atoms with Crippen molar-refractivity contribution in [3.8, 4) is 22.5 Å². The Hall–Kier alpha value is -1.95. The van der Waals surface area contributed by atoms with Crippen LogP contribution in [0.1, 0.15) is 5.56 Å². The van der Waals surface area contributed by atoms with Crippen LogP contribution in [0.4, 0.5) is 0 Å². The highest BCUT2D eigenvalue weighted by Gasteiger charge is 2.16. The predicted octanol–water partition coefficient (Wildman–Crippen LogP) is 6.04. The van der Waals surface area contributed by atoms with E-state index in [2.05, 4.69) is 32.0 Å². The molecule has 4 aromatic rings. The molecule has 3 nitrogen and oxygen atoms in total. The molecule has 1 N–H and O–H groups in total. The highest BCUT2D eigenvalue weighted by molar-refractivity contribution is 9.10. The van der Waals surface area contributed by atoms with Crippen molar-refractivity contribution < 1.29 is 0 Å². The molecule has 0 saturated heterocycles. The Morgan fingerprint density at radius 2 is 1.92 bits per heavy atom. The summed E-state index contributed by atoms with van der Waals surface area (Å²) in [5.41, 5.74) is 3.56. The molecule has 0 bridgehead atoms. The molecule has 4 rings (SSSR count). The molecule has 0 aliphatic heterocycles. The van der Waals surface area contributed by atoms with Crippen LogP contribution >= 0.6 is 38.9 Å². The summed E-state index contributed by atoms with van der Waals surface area (Å²) in [6.07, 6.45) is 0. The summed E-state index contributed by atoms with van der Waals surface area (Å²) in [5.74, 6) is 0.486. The Bertz CT molecular complexity index is 1170. The number of H-pyrrole nitrogens is 1. The molecular weight excluding hydrogens is 420 g/mol. The summed E-state index contributed by atoms with van der Waals surface area (Å²) in [6.45, 7) is 2.03. The van der Waals surface area contributed by atoms with Crippen molar-refractivity contribution in [1.82, 2.24) is 9.97 Å². The van der Waals surface area contributed by atoms with Gasteiger partial charge in [0.15, 0.2) is 0 Å². The monoisotopic (exact) mass is 430 g/mol. The lowest BCUT2D eigenvalue weighted by Crippen LogP contribution is -2.09. The predicted molar refractivity (Wildman–Crippen MR) is 109 cm³/mol. The third-order valence-electron chi connectivity index (χ3n) is 3.98. The second-order valence-corrected chi connectivity index (χ2v) is 7.83. The van der Waals surface area contributed by atoms with Gasteiger partial charge in [-0.25, -0.2) is 4.98 Å². The van der Waals surface area contributed by atoms with Gasteiger partial charge in [0.25, 0.3) is 5.56 Å². The van der Waals surface area contributed by atoms with Crippen molar-refractivity contribution in [2.24, 2.45) is 0 Å². The lowest BCUT2D eigenvalue weighted by molar-refractivity contribution is 1.19. The fraction of sp³-hybridized carbons (Fsp3) is 0.0526. The Labute approximate surface area is 161 Å². The molecule has 6 heteroatoms. The molecule has 0 aliphatic carbocycles. The molecular formula is C19H12BrClN2OS. The molecule has 124 valence electrons. The van der Waals surface area contributed by atoms with E-state index in [0.29, 0.717) is 21.1 Å². The molecule has 0 radical (unpaired) electrons. The molecule has 25 heavy (non-hydrogen) atoms. The summed E-state index contributed by atoms with van der Waals surface area (Å²) in [4.78, 5) is 21.0. The van der Waals surface area contributed by atoms with Gasteiger partial charge in [0, 0.05) is 21.0 Å². The van der Waals surface area contributed by atoms with Crippen LogP contribution in [0.25, 0.3) is 32.7 Å². The largest absolute Gasteiger partial charge is 0.306 e. The zero-order valence-electron chi connectivity index (χ0n) is 13.1. The van der Waals surface area contributed by atoms with Crippen LogP contribution < -0.4 is 5.56 Å². The Kier molecular flexibility index (Phi) is 4.23. The van der Waals surface area contributed by atoms with E-state index in [1.165, 1.54) is 11.3 Å². The average molecular weight is 432 g/mol. The van der Waals surface area contributed by atoms with Gasteiger partial charge in [0.2, 0.25) is 0 Å². The van der Waals surface area contributed by atoms with Gasteiger partial charge in [-0.1, -0.05) is 57.4 Å². The van der Waals surface area contributed by atoms with Crippen molar-refractivity contribution in [3.63, 3.8) is 0 Å². The second kappa shape index (κ2) is 6.41. The number of hydrogen-bond donors (Lipinski definition) is 1. The van der Waals surface area contributed by atoms with E-state index in [4.69, 9.17) is 11.6 Å². The van der Waals surface area contributed by atoms with E-state index >= 15 is 0 Å². The third kappa shape index (κ3) is 2.92.